The summed E-state index contributed by atoms with van der Waals surface area (Å²) < 4.78 is 0. The van der Waals surface area contributed by atoms with Gasteiger partial charge >= 0.3 is 0 Å². The lowest BCUT2D eigenvalue weighted by atomic mass is 10.1. The van der Waals surface area contributed by atoms with Gasteiger partial charge in [-0.1, -0.05) is 33.6 Å². The van der Waals surface area contributed by atoms with E-state index in [2.05, 4.69) is 15.9 Å². The van der Waals surface area contributed by atoms with E-state index >= 15 is 0 Å². The first-order valence-corrected chi connectivity index (χ1v) is 6.56. The van der Waals surface area contributed by atoms with Crippen LogP contribution in [0.25, 0.3) is 0 Å². The van der Waals surface area contributed by atoms with E-state index in [-0.39, 0.29) is 11.9 Å². The molecule has 0 aromatic heterocycles. The van der Waals surface area contributed by atoms with Crippen molar-refractivity contribution in [3.05, 3.63) is 34.3 Å². The molecule has 1 aromatic rings. The van der Waals surface area contributed by atoms with E-state index in [1.54, 1.807) is 24.1 Å². The molecule has 1 aromatic carbocycles. The van der Waals surface area contributed by atoms with Gasteiger partial charge in [0.05, 0.1) is 0 Å². The molecular formula is C12H15BrClNO. The summed E-state index contributed by atoms with van der Waals surface area (Å²) in [5.41, 5.74) is 1.62. The summed E-state index contributed by atoms with van der Waals surface area (Å²) in [7, 11) is 1.80. The Hall–Kier alpha value is -0.540. The van der Waals surface area contributed by atoms with Crippen LogP contribution in [0.1, 0.15) is 22.8 Å². The quantitative estimate of drug-likeness (QED) is 0.783. The highest BCUT2D eigenvalue weighted by Crippen LogP contribution is 2.18. The van der Waals surface area contributed by atoms with Crippen molar-refractivity contribution in [3.8, 4) is 0 Å². The van der Waals surface area contributed by atoms with Crippen molar-refractivity contribution >= 4 is 33.4 Å². The number of halogens is 2. The van der Waals surface area contributed by atoms with Crippen molar-refractivity contribution in [1.82, 2.24) is 4.90 Å². The largest absolute Gasteiger partial charge is 0.338 e. The third-order valence-corrected chi connectivity index (χ3v) is 3.81. The van der Waals surface area contributed by atoms with E-state index in [0.29, 0.717) is 10.6 Å². The van der Waals surface area contributed by atoms with Crippen LogP contribution in [0.15, 0.2) is 18.2 Å². The Kier molecular flexibility index (Phi) is 4.81. The number of nitrogens with zero attached hydrogens (tertiary/aromatic N) is 1. The smallest absolute Gasteiger partial charge is 0.254 e. The standard InChI is InChI=1S/C12H15BrClNO/c1-8-4-5-10(14)6-11(8)12(16)15(3)9(2)7-13/h4-6,9H,7H2,1-3H3. The van der Waals surface area contributed by atoms with Gasteiger partial charge in [-0.2, -0.15) is 0 Å². The van der Waals surface area contributed by atoms with Crippen LogP contribution in [0.4, 0.5) is 0 Å². The highest BCUT2D eigenvalue weighted by Gasteiger charge is 2.18. The SMILES string of the molecule is Cc1ccc(Cl)cc1C(=O)N(C)C(C)CBr. The van der Waals surface area contributed by atoms with Crippen molar-refractivity contribution < 1.29 is 4.79 Å². The minimum absolute atomic E-state index is 0.00644. The van der Waals surface area contributed by atoms with Crippen molar-refractivity contribution in [2.24, 2.45) is 0 Å². The average Bonchev–Trinajstić information content (AvgIpc) is 2.29. The van der Waals surface area contributed by atoms with Crippen LogP contribution >= 0.6 is 27.5 Å². The molecule has 0 aliphatic carbocycles. The number of benzene rings is 1. The molecule has 4 heteroatoms. The highest BCUT2D eigenvalue weighted by atomic mass is 79.9. The van der Waals surface area contributed by atoms with Crippen LogP contribution in [-0.2, 0) is 0 Å². The second-order valence-corrected chi connectivity index (χ2v) is 4.96. The van der Waals surface area contributed by atoms with Gasteiger partial charge in [0.25, 0.3) is 5.91 Å². The van der Waals surface area contributed by atoms with Gasteiger partial charge in [0.15, 0.2) is 0 Å². The topological polar surface area (TPSA) is 20.3 Å². The molecular weight excluding hydrogens is 289 g/mol. The van der Waals surface area contributed by atoms with Gasteiger partial charge < -0.3 is 4.90 Å². The molecule has 2 nitrogen and oxygen atoms in total. The zero-order chi connectivity index (χ0) is 12.3. The molecule has 0 N–H and O–H groups in total. The normalized spacial score (nSPS) is 12.3. The second kappa shape index (κ2) is 5.69. The van der Waals surface area contributed by atoms with Gasteiger partial charge in [-0.3, -0.25) is 4.79 Å². The molecule has 1 atom stereocenters. The van der Waals surface area contributed by atoms with E-state index < -0.39 is 0 Å². The number of carbonyl (C=O) groups is 1. The highest BCUT2D eigenvalue weighted by molar-refractivity contribution is 9.09. The summed E-state index contributed by atoms with van der Waals surface area (Å²) in [5.74, 6) is 0.00644. The lowest BCUT2D eigenvalue weighted by Crippen LogP contribution is -2.36. The van der Waals surface area contributed by atoms with E-state index in [0.717, 1.165) is 10.9 Å². The van der Waals surface area contributed by atoms with Crippen LogP contribution < -0.4 is 0 Å². The van der Waals surface area contributed by atoms with Gasteiger partial charge in [0, 0.05) is 29.0 Å². The monoisotopic (exact) mass is 303 g/mol. The van der Waals surface area contributed by atoms with Crippen LogP contribution in [0.2, 0.25) is 5.02 Å². The molecule has 88 valence electrons. The molecule has 1 rings (SSSR count). The molecule has 0 fully saturated rings. The molecule has 16 heavy (non-hydrogen) atoms. The van der Waals surface area contributed by atoms with Crippen molar-refractivity contribution in [1.29, 1.82) is 0 Å². The Morgan fingerprint density at radius 1 is 1.56 bits per heavy atom. The molecule has 0 aliphatic heterocycles. The van der Waals surface area contributed by atoms with E-state index in [9.17, 15) is 4.79 Å². The maximum atomic E-state index is 12.2. The fourth-order valence-corrected chi connectivity index (χ4v) is 1.92. The predicted molar refractivity (Wildman–Crippen MR) is 71.5 cm³/mol. The zero-order valence-electron chi connectivity index (χ0n) is 9.63. The van der Waals surface area contributed by atoms with Gasteiger partial charge in [-0.05, 0) is 31.5 Å². The average molecular weight is 305 g/mol. The molecule has 0 saturated carbocycles. The third kappa shape index (κ3) is 2.98. The Balaban J connectivity index is 3.00. The summed E-state index contributed by atoms with van der Waals surface area (Å²) in [6.07, 6.45) is 0. The first kappa shape index (κ1) is 13.5. The predicted octanol–water partition coefficient (Wildman–Crippen LogP) is 3.50. The van der Waals surface area contributed by atoms with Crippen LogP contribution in [0.3, 0.4) is 0 Å². The van der Waals surface area contributed by atoms with Crippen molar-refractivity contribution in [3.63, 3.8) is 0 Å². The maximum Gasteiger partial charge on any atom is 0.254 e. The molecule has 1 amide bonds. The molecule has 0 heterocycles. The molecule has 0 radical (unpaired) electrons. The van der Waals surface area contributed by atoms with Crippen LogP contribution in [0, 0.1) is 6.92 Å². The first-order valence-electron chi connectivity index (χ1n) is 5.06. The number of rotatable bonds is 3. The van der Waals surface area contributed by atoms with Gasteiger partial charge in [-0.15, -0.1) is 0 Å². The third-order valence-electron chi connectivity index (χ3n) is 2.63. The number of hydrogen-bond acceptors (Lipinski definition) is 1. The number of alkyl halides is 1. The number of aryl methyl sites for hydroxylation is 1. The first-order chi connectivity index (χ1) is 7.47. The van der Waals surface area contributed by atoms with E-state index in [1.165, 1.54) is 0 Å². The maximum absolute atomic E-state index is 12.2. The summed E-state index contributed by atoms with van der Waals surface area (Å²) in [5, 5.41) is 1.35. The number of amides is 1. The second-order valence-electron chi connectivity index (χ2n) is 3.88. The van der Waals surface area contributed by atoms with E-state index in [1.807, 2.05) is 19.9 Å². The molecule has 1 unspecified atom stereocenters. The van der Waals surface area contributed by atoms with Gasteiger partial charge in [0.1, 0.15) is 0 Å². The summed E-state index contributed by atoms with van der Waals surface area (Å²) in [6, 6.07) is 5.53. The lowest BCUT2D eigenvalue weighted by molar-refractivity contribution is 0.0757. The fourth-order valence-electron chi connectivity index (χ4n) is 1.32. The number of hydrogen-bond donors (Lipinski definition) is 0. The Labute approximate surface area is 110 Å². The Bertz CT molecular complexity index is 395. The summed E-state index contributed by atoms with van der Waals surface area (Å²) in [4.78, 5) is 13.9. The lowest BCUT2D eigenvalue weighted by Gasteiger charge is -2.24. The fraction of sp³-hybridized carbons (Fsp3) is 0.417. The van der Waals surface area contributed by atoms with Crippen LogP contribution in [0.5, 0.6) is 0 Å². The minimum Gasteiger partial charge on any atom is -0.338 e. The van der Waals surface area contributed by atoms with Crippen molar-refractivity contribution in [2.75, 3.05) is 12.4 Å². The molecule has 0 spiro atoms. The van der Waals surface area contributed by atoms with Crippen LogP contribution in [-0.4, -0.2) is 29.2 Å². The Morgan fingerprint density at radius 2 is 2.19 bits per heavy atom. The zero-order valence-corrected chi connectivity index (χ0v) is 12.0. The van der Waals surface area contributed by atoms with Crippen molar-refractivity contribution in [2.45, 2.75) is 19.9 Å². The van der Waals surface area contributed by atoms with E-state index in [4.69, 9.17) is 11.6 Å². The molecule has 0 bridgehead atoms. The summed E-state index contributed by atoms with van der Waals surface area (Å²) >= 11 is 9.27. The minimum atomic E-state index is 0.00644. The van der Waals surface area contributed by atoms with Gasteiger partial charge in [0.2, 0.25) is 0 Å². The molecule has 0 aliphatic rings. The Morgan fingerprint density at radius 3 is 2.75 bits per heavy atom. The number of carbonyl (C=O) groups excluding carboxylic acids is 1. The molecule has 0 saturated heterocycles. The van der Waals surface area contributed by atoms with Gasteiger partial charge in [-0.25, -0.2) is 0 Å². The summed E-state index contributed by atoms with van der Waals surface area (Å²) in [6.45, 7) is 3.91.